The predicted octanol–water partition coefficient (Wildman–Crippen LogP) is 1.68. The van der Waals surface area contributed by atoms with Gasteiger partial charge in [-0.1, -0.05) is 12.1 Å². The first-order valence-electron chi connectivity index (χ1n) is 7.10. The summed E-state index contributed by atoms with van der Waals surface area (Å²) in [4.78, 5) is 8.55. The lowest BCUT2D eigenvalue weighted by Crippen LogP contribution is -2.08. The Bertz CT molecular complexity index is 991. The fraction of sp³-hybridized carbons (Fsp3) is 0.0667. The highest BCUT2D eigenvalue weighted by molar-refractivity contribution is 5.81. The van der Waals surface area contributed by atoms with E-state index in [1.54, 1.807) is 18.3 Å². The zero-order valence-electron chi connectivity index (χ0n) is 12.5. The van der Waals surface area contributed by atoms with Crippen molar-refractivity contribution in [2.24, 2.45) is 0 Å². The minimum atomic E-state index is 0.167. The van der Waals surface area contributed by atoms with Crippen LogP contribution in [0.2, 0.25) is 0 Å². The van der Waals surface area contributed by atoms with Crippen LogP contribution in [0.1, 0.15) is 0 Å². The summed E-state index contributed by atoms with van der Waals surface area (Å²) >= 11 is 0. The van der Waals surface area contributed by atoms with E-state index in [0.717, 1.165) is 11.0 Å². The second-order valence-corrected chi connectivity index (χ2v) is 5.04. The van der Waals surface area contributed by atoms with Gasteiger partial charge in [-0.3, -0.25) is 4.57 Å². The molecule has 0 saturated heterocycles. The minimum absolute atomic E-state index is 0.167. The highest BCUT2D eigenvalue weighted by Crippen LogP contribution is 2.26. The largest absolute Gasteiger partial charge is 0.471 e. The summed E-state index contributed by atoms with van der Waals surface area (Å²) in [5.41, 5.74) is 13.4. The molecule has 4 rings (SSSR count). The molecule has 0 saturated carbocycles. The van der Waals surface area contributed by atoms with Crippen LogP contribution in [-0.2, 0) is 6.73 Å². The number of hydrogen-bond donors (Lipinski definition) is 2. The van der Waals surface area contributed by atoms with Crippen LogP contribution < -0.4 is 16.2 Å². The number of nitrogen functional groups attached to an aromatic ring is 2. The van der Waals surface area contributed by atoms with Gasteiger partial charge in [0.25, 0.3) is 0 Å². The van der Waals surface area contributed by atoms with E-state index in [4.69, 9.17) is 16.2 Å². The van der Waals surface area contributed by atoms with Crippen LogP contribution in [0.15, 0.2) is 47.2 Å². The Morgan fingerprint density at radius 2 is 1.96 bits per heavy atom. The van der Waals surface area contributed by atoms with E-state index in [9.17, 15) is 0 Å². The molecule has 0 bridgehead atoms. The van der Waals surface area contributed by atoms with Crippen molar-refractivity contribution in [3.05, 3.63) is 42.6 Å². The SMILES string of the molecule is Nc1ccc(OCn2c(-c3nonc3N)nc3ccccc32)cn1. The van der Waals surface area contributed by atoms with Crippen LogP contribution >= 0.6 is 0 Å². The van der Waals surface area contributed by atoms with Crippen LogP contribution in [0.4, 0.5) is 11.6 Å². The number of rotatable bonds is 4. The van der Waals surface area contributed by atoms with Crippen molar-refractivity contribution in [1.29, 1.82) is 0 Å². The molecule has 4 N–H and O–H groups in total. The van der Waals surface area contributed by atoms with Gasteiger partial charge in [-0.15, -0.1) is 0 Å². The number of ether oxygens (including phenoxy) is 1. The summed E-state index contributed by atoms with van der Waals surface area (Å²) in [6, 6.07) is 11.1. The predicted molar refractivity (Wildman–Crippen MR) is 86.7 cm³/mol. The third-order valence-electron chi connectivity index (χ3n) is 3.50. The molecule has 0 spiro atoms. The minimum Gasteiger partial charge on any atom is -0.471 e. The van der Waals surface area contributed by atoms with E-state index < -0.39 is 0 Å². The average molecular weight is 323 g/mol. The Hall–Kier alpha value is -3.62. The maximum absolute atomic E-state index is 5.80. The van der Waals surface area contributed by atoms with E-state index in [0.29, 0.717) is 23.1 Å². The number of imidazole rings is 1. The van der Waals surface area contributed by atoms with E-state index in [2.05, 4.69) is 24.9 Å². The van der Waals surface area contributed by atoms with Crippen molar-refractivity contribution >= 4 is 22.7 Å². The van der Waals surface area contributed by atoms with Gasteiger partial charge in [-0.25, -0.2) is 14.6 Å². The fourth-order valence-corrected chi connectivity index (χ4v) is 2.35. The lowest BCUT2D eigenvalue weighted by atomic mass is 10.3. The molecule has 0 unspecified atom stereocenters. The molecule has 9 nitrogen and oxygen atoms in total. The summed E-state index contributed by atoms with van der Waals surface area (Å²) in [6.45, 7) is 0.188. The summed E-state index contributed by atoms with van der Waals surface area (Å²) in [5, 5.41) is 7.44. The molecule has 24 heavy (non-hydrogen) atoms. The van der Waals surface area contributed by atoms with E-state index in [1.165, 1.54) is 0 Å². The summed E-state index contributed by atoms with van der Waals surface area (Å²) in [7, 11) is 0. The lowest BCUT2D eigenvalue weighted by molar-refractivity contribution is 0.241. The molecule has 9 heteroatoms. The smallest absolute Gasteiger partial charge is 0.199 e. The Morgan fingerprint density at radius 1 is 1.08 bits per heavy atom. The first kappa shape index (κ1) is 14.0. The standard InChI is InChI=1S/C15H13N7O2/c16-12-6-5-9(7-18-12)23-8-22-11-4-2-1-3-10(11)19-15(22)13-14(17)21-24-20-13/h1-7H,8H2,(H2,16,18)(H2,17,21). The Labute approximate surface area is 135 Å². The monoisotopic (exact) mass is 323 g/mol. The Balaban J connectivity index is 1.75. The van der Waals surface area contributed by atoms with Crippen molar-refractivity contribution < 1.29 is 9.37 Å². The number of benzene rings is 1. The normalized spacial score (nSPS) is 11.0. The number of hydrogen-bond acceptors (Lipinski definition) is 8. The molecular weight excluding hydrogens is 310 g/mol. The van der Waals surface area contributed by atoms with Gasteiger partial charge in [-0.05, 0) is 34.6 Å². The highest BCUT2D eigenvalue weighted by atomic mass is 16.6. The number of nitrogens with two attached hydrogens (primary N) is 2. The molecule has 0 atom stereocenters. The van der Waals surface area contributed by atoms with Gasteiger partial charge < -0.3 is 16.2 Å². The van der Waals surface area contributed by atoms with Crippen molar-refractivity contribution in [3.63, 3.8) is 0 Å². The number of nitrogens with zero attached hydrogens (tertiary/aromatic N) is 5. The molecular formula is C15H13N7O2. The van der Waals surface area contributed by atoms with Crippen molar-refractivity contribution in [2.75, 3.05) is 11.5 Å². The van der Waals surface area contributed by atoms with Gasteiger partial charge in [0.05, 0.1) is 17.2 Å². The van der Waals surface area contributed by atoms with Crippen molar-refractivity contribution in [3.8, 4) is 17.3 Å². The number of fused-ring (bicyclic) bond motifs is 1. The molecule has 0 amide bonds. The molecule has 0 aliphatic carbocycles. The van der Waals surface area contributed by atoms with Gasteiger partial charge in [0.1, 0.15) is 11.6 Å². The summed E-state index contributed by atoms with van der Waals surface area (Å²) in [5.74, 6) is 1.69. The molecule has 0 fully saturated rings. The number of aromatic nitrogens is 5. The molecule has 0 aliphatic heterocycles. The van der Waals surface area contributed by atoms with Crippen molar-refractivity contribution in [2.45, 2.75) is 6.73 Å². The number of pyridine rings is 1. The molecule has 3 heterocycles. The Kier molecular flexibility index (Phi) is 3.23. The summed E-state index contributed by atoms with van der Waals surface area (Å²) in [6.07, 6.45) is 1.56. The van der Waals surface area contributed by atoms with Gasteiger partial charge >= 0.3 is 0 Å². The molecule has 120 valence electrons. The number of anilines is 2. The van der Waals surface area contributed by atoms with E-state index in [-0.39, 0.29) is 12.5 Å². The Morgan fingerprint density at radius 3 is 2.71 bits per heavy atom. The van der Waals surface area contributed by atoms with Crippen LogP contribution in [-0.4, -0.2) is 24.8 Å². The molecule has 4 aromatic rings. The zero-order valence-corrected chi connectivity index (χ0v) is 12.5. The van der Waals surface area contributed by atoms with Crippen LogP contribution in [0, 0.1) is 0 Å². The second-order valence-electron chi connectivity index (χ2n) is 5.04. The molecule has 3 aromatic heterocycles. The van der Waals surface area contributed by atoms with Crippen LogP contribution in [0.3, 0.4) is 0 Å². The quantitative estimate of drug-likeness (QED) is 0.580. The fourth-order valence-electron chi connectivity index (χ4n) is 2.35. The van der Waals surface area contributed by atoms with E-state index in [1.807, 2.05) is 28.8 Å². The molecule has 1 aromatic carbocycles. The molecule has 0 aliphatic rings. The first-order chi connectivity index (χ1) is 11.7. The third kappa shape index (κ3) is 2.37. The first-order valence-corrected chi connectivity index (χ1v) is 7.10. The zero-order chi connectivity index (χ0) is 16.5. The van der Waals surface area contributed by atoms with Gasteiger partial charge in [0.2, 0.25) is 0 Å². The second kappa shape index (κ2) is 5.54. The average Bonchev–Trinajstić information content (AvgIpc) is 3.17. The van der Waals surface area contributed by atoms with Crippen LogP contribution in [0.5, 0.6) is 5.75 Å². The van der Waals surface area contributed by atoms with Gasteiger partial charge in [0.15, 0.2) is 24.1 Å². The van der Waals surface area contributed by atoms with Crippen molar-refractivity contribution in [1.82, 2.24) is 24.8 Å². The van der Waals surface area contributed by atoms with Crippen LogP contribution in [0.25, 0.3) is 22.6 Å². The van der Waals surface area contributed by atoms with Gasteiger partial charge in [-0.2, -0.15) is 0 Å². The van der Waals surface area contributed by atoms with Gasteiger partial charge in [0, 0.05) is 0 Å². The molecule has 0 radical (unpaired) electrons. The maximum Gasteiger partial charge on any atom is 0.199 e. The topological polar surface area (TPSA) is 131 Å². The summed E-state index contributed by atoms with van der Waals surface area (Å²) < 4.78 is 12.3. The highest BCUT2D eigenvalue weighted by Gasteiger charge is 2.19. The maximum atomic E-state index is 5.80. The van der Waals surface area contributed by atoms with E-state index >= 15 is 0 Å². The number of para-hydroxylation sites is 2. The third-order valence-corrected chi connectivity index (χ3v) is 3.50. The lowest BCUT2D eigenvalue weighted by Gasteiger charge is -2.10.